The lowest BCUT2D eigenvalue weighted by Gasteiger charge is -2.56. The van der Waals surface area contributed by atoms with E-state index < -0.39 is 0 Å². The van der Waals surface area contributed by atoms with Gasteiger partial charge in [-0.3, -0.25) is 0 Å². The second-order valence-corrected chi connectivity index (χ2v) is 7.19. The van der Waals surface area contributed by atoms with Crippen molar-refractivity contribution in [3.8, 4) is 0 Å². The van der Waals surface area contributed by atoms with Gasteiger partial charge in [-0.1, -0.05) is 30.3 Å². The standard InChI is InChI=1S/C18H25N/c1-19-18(14-5-3-2-4-6-14)17-15-8-12-7-13(10-15)11-16(17)9-12/h2-6,12-13,15-19H,7-11H2,1H3. The predicted molar refractivity (Wildman–Crippen MR) is 78.8 cm³/mol. The van der Waals surface area contributed by atoms with Crippen molar-refractivity contribution in [3.05, 3.63) is 35.9 Å². The van der Waals surface area contributed by atoms with E-state index in [0.29, 0.717) is 6.04 Å². The third kappa shape index (κ3) is 1.94. The fourth-order valence-corrected chi connectivity index (χ4v) is 5.75. The smallest absolute Gasteiger partial charge is 0.0351 e. The number of nitrogens with one attached hydrogen (secondary N) is 1. The van der Waals surface area contributed by atoms with Crippen LogP contribution in [0.4, 0.5) is 0 Å². The van der Waals surface area contributed by atoms with Gasteiger partial charge in [0.05, 0.1) is 0 Å². The molecule has 1 heteroatoms. The maximum Gasteiger partial charge on any atom is 0.0351 e. The fourth-order valence-electron chi connectivity index (χ4n) is 5.75. The SMILES string of the molecule is CNC(c1ccccc1)C1C2CC3CC(C2)CC1C3. The Bertz CT molecular complexity index is 410. The molecule has 0 amide bonds. The first kappa shape index (κ1) is 12.0. The van der Waals surface area contributed by atoms with Crippen LogP contribution in [0.3, 0.4) is 0 Å². The Labute approximate surface area is 116 Å². The Morgan fingerprint density at radius 2 is 1.47 bits per heavy atom. The van der Waals surface area contributed by atoms with E-state index in [9.17, 15) is 0 Å². The molecule has 19 heavy (non-hydrogen) atoms. The number of benzene rings is 1. The second-order valence-electron chi connectivity index (χ2n) is 7.19. The Morgan fingerprint density at radius 3 is 2.00 bits per heavy atom. The molecule has 1 N–H and O–H groups in total. The van der Waals surface area contributed by atoms with Crippen molar-refractivity contribution in [2.75, 3.05) is 7.05 Å². The van der Waals surface area contributed by atoms with E-state index in [-0.39, 0.29) is 0 Å². The number of rotatable bonds is 3. The van der Waals surface area contributed by atoms with Gasteiger partial charge in [-0.25, -0.2) is 0 Å². The molecule has 0 aromatic heterocycles. The summed E-state index contributed by atoms with van der Waals surface area (Å²) in [6.07, 6.45) is 7.62. The van der Waals surface area contributed by atoms with Gasteiger partial charge in [0.15, 0.2) is 0 Å². The zero-order chi connectivity index (χ0) is 12.8. The largest absolute Gasteiger partial charge is 0.313 e. The maximum atomic E-state index is 3.65. The Kier molecular flexibility index (Phi) is 2.91. The van der Waals surface area contributed by atoms with Crippen LogP contribution in [-0.2, 0) is 0 Å². The van der Waals surface area contributed by atoms with E-state index in [1.165, 1.54) is 31.2 Å². The minimum Gasteiger partial charge on any atom is -0.313 e. The Hall–Kier alpha value is -0.820. The molecule has 1 nitrogen and oxygen atoms in total. The van der Waals surface area contributed by atoms with Crippen molar-refractivity contribution in [1.82, 2.24) is 5.32 Å². The van der Waals surface area contributed by atoms with E-state index in [1.807, 2.05) is 0 Å². The van der Waals surface area contributed by atoms with Crippen LogP contribution in [0, 0.1) is 29.6 Å². The van der Waals surface area contributed by atoms with Gasteiger partial charge in [0.25, 0.3) is 0 Å². The molecular weight excluding hydrogens is 230 g/mol. The summed E-state index contributed by atoms with van der Waals surface area (Å²) in [7, 11) is 2.16. The molecule has 4 aliphatic carbocycles. The lowest BCUT2D eigenvalue weighted by atomic mass is 9.50. The molecule has 4 bridgehead atoms. The van der Waals surface area contributed by atoms with Crippen molar-refractivity contribution in [3.63, 3.8) is 0 Å². The zero-order valence-electron chi connectivity index (χ0n) is 11.9. The van der Waals surface area contributed by atoms with Gasteiger partial charge in [0.2, 0.25) is 0 Å². The van der Waals surface area contributed by atoms with Gasteiger partial charge in [-0.2, -0.15) is 0 Å². The first-order chi connectivity index (χ1) is 9.35. The Balaban J connectivity index is 1.64. The van der Waals surface area contributed by atoms with Crippen molar-refractivity contribution in [2.24, 2.45) is 29.6 Å². The van der Waals surface area contributed by atoms with Crippen LogP contribution in [0.1, 0.15) is 43.7 Å². The molecule has 0 spiro atoms. The van der Waals surface area contributed by atoms with Gasteiger partial charge in [0, 0.05) is 6.04 Å². The van der Waals surface area contributed by atoms with Gasteiger partial charge in [0.1, 0.15) is 0 Å². The third-order valence-corrected chi connectivity index (χ3v) is 6.15. The molecule has 1 atom stereocenters. The molecule has 4 aliphatic rings. The minimum atomic E-state index is 0.580. The van der Waals surface area contributed by atoms with E-state index >= 15 is 0 Å². The maximum absolute atomic E-state index is 3.65. The van der Waals surface area contributed by atoms with E-state index in [2.05, 4.69) is 42.7 Å². The summed E-state index contributed by atoms with van der Waals surface area (Å²) in [4.78, 5) is 0. The number of hydrogen-bond donors (Lipinski definition) is 1. The summed E-state index contributed by atoms with van der Waals surface area (Å²) >= 11 is 0. The molecule has 0 heterocycles. The summed E-state index contributed by atoms with van der Waals surface area (Å²) in [5.41, 5.74) is 1.50. The predicted octanol–water partition coefficient (Wildman–Crippen LogP) is 4.02. The van der Waals surface area contributed by atoms with Crippen LogP contribution in [0.5, 0.6) is 0 Å². The summed E-state index contributed by atoms with van der Waals surface area (Å²) in [5.74, 6) is 5.03. The molecule has 102 valence electrons. The average Bonchev–Trinajstić information content (AvgIpc) is 2.43. The molecular formula is C18H25N. The first-order valence-electron chi connectivity index (χ1n) is 8.07. The quantitative estimate of drug-likeness (QED) is 0.860. The summed E-state index contributed by atoms with van der Waals surface area (Å²) in [5, 5.41) is 3.65. The average molecular weight is 255 g/mol. The van der Waals surface area contributed by atoms with Crippen LogP contribution < -0.4 is 5.32 Å². The molecule has 0 radical (unpaired) electrons. The lowest BCUT2D eigenvalue weighted by molar-refractivity contribution is -0.0515. The topological polar surface area (TPSA) is 12.0 Å². The van der Waals surface area contributed by atoms with E-state index in [1.54, 1.807) is 6.42 Å². The van der Waals surface area contributed by atoms with Crippen LogP contribution in [0.15, 0.2) is 30.3 Å². The highest BCUT2D eigenvalue weighted by Gasteiger charge is 2.50. The van der Waals surface area contributed by atoms with Crippen LogP contribution in [0.2, 0.25) is 0 Å². The summed E-state index contributed by atoms with van der Waals surface area (Å²) < 4.78 is 0. The fraction of sp³-hybridized carbons (Fsp3) is 0.667. The van der Waals surface area contributed by atoms with Gasteiger partial charge in [-0.15, -0.1) is 0 Å². The molecule has 4 fully saturated rings. The summed E-state index contributed by atoms with van der Waals surface area (Å²) in [6, 6.07) is 11.7. The molecule has 0 saturated heterocycles. The molecule has 0 aliphatic heterocycles. The van der Waals surface area contributed by atoms with Crippen LogP contribution in [-0.4, -0.2) is 7.05 Å². The molecule has 4 saturated carbocycles. The second kappa shape index (κ2) is 4.63. The highest BCUT2D eigenvalue weighted by Crippen LogP contribution is 2.59. The van der Waals surface area contributed by atoms with Gasteiger partial charge < -0.3 is 5.32 Å². The van der Waals surface area contributed by atoms with E-state index in [0.717, 1.165) is 29.6 Å². The van der Waals surface area contributed by atoms with E-state index in [4.69, 9.17) is 0 Å². The Morgan fingerprint density at radius 1 is 0.895 bits per heavy atom. The minimum absolute atomic E-state index is 0.580. The van der Waals surface area contributed by atoms with Crippen molar-refractivity contribution in [2.45, 2.75) is 38.1 Å². The van der Waals surface area contributed by atoms with Gasteiger partial charge in [-0.05, 0) is 74.3 Å². The van der Waals surface area contributed by atoms with Crippen molar-refractivity contribution >= 4 is 0 Å². The molecule has 5 rings (SSSR count). The van der Waals surface area contributed by atoms with Crippen LogP contribution >= 0.6 is 0 Å². The monoisotopic (exact) mass is 255 g/mol. The highest BCUT2D eigenvalue weighted by atomic mass is 14.9. The lowest BCUT2D eigenvalue weighted by Crippen LogP contribution is -2.49. The normalized spacial score (nSPS) is 41.4. The first-order valence-corrected chi connectivity index (χ1v) is 8.07. The van der Waals surface area contributed by atoms with Crippen molar-refractivity contribution in [1.29, 1.82) is 0 Å². The third-order valence-electron chi connectivity index (χ3n) is 6.15. The molecule has 1 unspecified atom stereocenters. The number of hydrogen-bond acceptors (Lipinski definition) is 1. The summed E-state index contributed by atoms with van der Waals surface area (Å²) in [6.45, 7) is 0. The van der Waals surface area contributed by atoms with Gasteiger partial charge >= 0.3 is 0 Å². The highest BCUT2D eigenvalue weighted by molar-refractivity contribution is 5.21. The molecule has 1 aromatic rings. The van der Waals surface area contributed by atoms with Crippen molar-refractivity contribution < 1.29 is 0 Å². The van der Waals surface area contributed by atoms with Crippen LogP contribution in [0.25, 0.3) is 0 Å². The molecule has 1 aromatic carbocycles. The zero-order valence-corrected chi connectivity index (χ0v) is 11.9.